The zero-order valence-electron chi connectivity index (χ0n) is 10.2. The Morgan fingerprint density at radius 1 is 1.18 bits per heavy atom. The minimum Gasteiger partial charge on any atom is -0.126 e. The molecule has 0 amide bonds. The summed E-state index contributed by atoms with van der Waals surface area (Å²) < 4.78 is 1.09. The molecule has 3 heteroatoms. The Balaban J connectivity index is 2.89. The summed E-state index contributed by atoms with van der Waals surface area (Å²) in [6.07, 6.45) is 4.70. The largest absolute Gasteiger partial charge is 0.126 e. The maximum absolute atomic E-state index is 6.19. The van der Waals surface area contributed by atoms with Crippen LogP contribution in [-0.2, 0) is 5.41 Å². The third kappa shape index (κ3) is 4.15. The summed E-state index contributed by atoms with van der Waals surface area (Å²) in [7, 11) is 0. The van der Waals surface area contributed by atoms with Crippen LogP contribution in [0.1, 0.15) is 38.2 Å². The van der Waals surface area contributed by atoms with Crippen molar-refractivity contribution in [2.24, 2.45) is 0 Å². The van der Waals surface area contributed by atoms with Crippen molar-refractivity contribution < 1.29 is 0 Å². The van der Waals surface area contributed by atoms with E-state index in [0.717, 1.165) is 10.9 Å². The van der Waals surface area contributed by atoms with Crippen molar-refractivity contribution in [2.45, 2.75) is 38.0 Å². The molecule has 0 saturated heterocycles. The number of alkyl halides is 2. The van der Waals surface area contributed by atoms with E-state index in [0.29, 0.717) is 11.8 Å². The maximum Gasteiger partial charge on any atom is 0.0332 e. The Bertz CT molecular complexity index is 335. The number of benzene rings is 1. The second kappa shape index (κ2) is 7.66. The molecular weight excluding hydrogens is 319 g/mol. The summed E-state index contributed by atoms with van der Waals surface area (Å²) in [4.78, 5) is 0. The predicted molar refractivity (Wildman–Crippen MR) is 81.4 cm³/mol. The Hall–Kier alpha value is 0.280. The number of rotatable bonds is 7. The summed E-state index contributed by atoms with van der Waals surface area (Å²) in [5, 5.41) is 0. The molecule has 1 rings (SSSR count). The average Bonchev–Trinajstić information content (AvgIpc) is 2.35. The van der Waals surface area contributed by atoms with Gasteiger partial charge in [0.05, 0.1) is 0 Å². The van der Waals surface area contributed by atoms with Gasteiger partial charge in [0.1, 0.15) is 0 Å². The van der Waals surface area contributed by atoms with Gasteiger partial charge >= 0.3 is 0 Å². The first kappa shape index (κ1) is 15.3. The molecule has 0 aliphatic heterocycles. The molecule has 0 nitrogen and oxygen atoms in total. The summed E-state index contributed by atoms with van der Waals surface area (Å²) in [5.41, 5.74) is 1.16. The Labute approximate surface area is 123 Å². The van der Waals surface area contributed by atoms with E-state index in [2.05, 4.69) is 35.0 Å². The summed E-state index contributed by atoms with van der Waals surface area (Å²) in [6.45, 7) is 2.21. The molecule has 0 atom stereocenters. The Kier molecular flexibility index (Phi) is 6.91. The lowest BCUT2D eigenvalue weighted by Crippen LogP contribution is -2.30. The minimum atomic E-state index is -0.0813. The molecule has 0 bridgehead atoms. The van der Waals surface area contributed by atoms with Gasteiger partial charge in [-0.05, 0) is 24.1 Å². The quantitative estimate of drug-likeness (QED) is 0.439. The molecule has 0 heterocycles. The third-order valence-electron chi connectivity index (χ3n) is 3.21. The van der Waals surface area contributed by atoms with Gasteiger partial charge in [0.15, 0.2) is 0 Å². The number of unbranched alkanes of at least 4 members (excludes halogenated alkanes) is 2. The van der Waals surface area contributed by atoms with E-state index < -0.39 is 0 Å². The second-order valence-electron chi connectivity index (χ2n) is 4.52. The van der Waals surface area contributed by atoms with Gasteiger partial charge in [-0.25, -0.2) is 0 Å². The number of hydrogen-bond acceptors (Lipinski definition) is 0. The van der Waals surface area contributed by atoms with E-state index in [1.54, 1.807) is 0 Å². The van der Waals surface area contributed by atoms with Crippen molar-refractivity contribution in [2.75, 3.05) is 11.8 Å². The van der Waals surface area contributed by atoms with E-state index in [4.69, 9.17) is 23.2 Å². The lowest BCUT2D eigenvalue weighted by atomic mass is 9.79. The smallest absolute Gasteiger partial charge is 0.0332 e. The molecule has 1 aromatic rings. The van der Waals surface area contributed by atoms with Crippen molar-refractivity contribution in [3.8, 4) is 0 Å². The van der Waals surface area contributed by atoms with E-state index >= 15 is 0 Å². The van der Waals surface area contributed by atoms with Gasteiger partial charge in [-0.15, -0.1) is 23.2 Å². The number of halogens is 3. The van der Waals surface area contributed by atoms with Crippen LogP contribution in [0.2, 0.25) is 0 Å². The molecule has 0 radical (unpaired) electrons. The van der Waals surface area contributed by atoms with Gasteiger partial charge in [0.25, 0.3) is 0 Å². The molecule has 17 heavy (non-hydrogen) atoms. The van der Waals surface area contributed by atoms with Crippen LogP contribution in [-0.4, -0.2) is 11.8 Å². The van der Waals surface area contributed by atoms with Crippen molar-refractivity contribution >= 4 is 39.1 Å². The molecule has 0 aliphatic rings. The highest BCUT2D eigenvalue weighted by molar-refractivity contribution is 9.10. The highest BCUT2D eigenvalue weighted by Gasteiger charge is 2.30. The zero-order chi connectivity index (χ0) is 12.7. The van der Waals surface area contributed by atoms with Crippen molar-refractivity contribution in [3.63, 3.8) is 0 Å². The normalized spacial score (nSPS) is 11.8. The van der Waals surface area contributed by atoms with Crippen LogP contribution in [0.5, 0.6) is 0 Å². The molecule has 0 aromatic heterocycles. The van der Waals surface area contributed by atoms with E-state index in [1.807, 2.05) is 12.1 Å². The maximum atomic E-state index is 6.19. The first-order valence-corrected chi connectivity index (χ1v) is 7.92. The third-order valence-corrected chi connectivity index (χ3v) is 4.72. The van der Waals surface area contributed by atoms with E-state index in [9.17, 15) is 0 Å². The summed E-state index contributed by atoms with van der Waals surface area (Å²) >= 11 is 15.9. The standard InChI is InChI=1S/C14H19BrCl2/c1-2-3-4-8-14(10-16,11-17)12-6-5-7-13(15)9-12/h5-7,9H,2-4,8,10-11H2,1H3. The first-order chi connectivity index (χ1) is 8.18. The van der Waals surface area contributed by atoms with Crippen molar-refractivity contribution in [1.82, 2.24) is 0 Å². The van der Waals surface area contributed by atoms with Crippen LogP contribution in [0.3, 0.4) is 0 Å². The molecule has 96 valence electrons. The Morgan fingerprint density at radius 3 is 2.41 bits per heavy atom. The summed E-state index contributed by atoms with van der Waals surface area (Å²) in [5.74, 6) is 1.16. The average molecular weight is 338 g/mol. The monoisotopic (exact) mass is 336 g/mol. The van der Waals surface area contributed by atoms with E-state index in [1.165, 1.54) is 24.8 Å². The van der Waals surface area contributed by atoms with Crippen LogP contribution < -0.4 is 0 Å². The topological polar surface area (TPSA) is 0 Å². The molecule has 0 unspecified atom stereocenters. The van der Waals surface area contributed by atoms with Gasteiger partial charge in [-0.2, -0.15) is 0 Å². The first-order valence-electron chi connectivity index (χ1n) is 6.06. The van der Waals surface area contributed by atoms with Crippen LogP contribution >= 0.6 is 39.1 Å². The highest BCUT2D eigenvalue weighted by Crippen LogP contribution is 2.34. The van der Waals surface area contributed by atoms with Gasteiger partial charge in [0, 0.05) is 21.6 Å². The van der Waals surface area contributed by atoms with Crippen LogP contribution in [0.15, 0.2) is 28.7 Å². The molecule has 0 N–H and O–H groups in total. The fraction of sp³-hybridized carbons (Fsp3) is 0.571. The predicted octanol–water partition coefficient (Wildman–Crippen LogP) is 5.74. The van der Waals surface area contributed by atoms with Crippen molar-refractivity contribution in [3.05, 3.63) is 34.3 Å². The van der Waals surface area contributed by atoms with Gasteiger partial charge in [0.2, 0.25) is 0 Å². The van der Waals surface area contributed by atoms with E-state index in [-0.39, 0.29) is 5.41 Å². The molecule has 0 fully saturated rings. The Morgan fingerprint density at radius 2 is 1.88 bits per heavy atom. The SMILES string of the molecule is CCCCCC(CCl)(CCl)c1cccc(Br)c1. The van der Waals surface area contributed by atoms with Gasteiger partial charge < -0.3 is 0 Å². The number of hydrogen-bond donors (Lipinski definition) is 0. The van der Waals surface area contributed by atoms with Crippen LogP contribution in [0.25, 0.3) is 0 Å². The second-order valence-corrected chi connectivity index (χ2v) is 5.97. The highest BCUT2D eigenvalue weighted by atomic mass is 79.9. The lowest BCUT2D eigenvalue weighted by Gasteiger charge is -2.30. The fourth-order valence-electron chi connectivity index (χ4n) is 2.00. The fourth-order valence-corrected chi connectivity index (χ4v) is 3.26. The summed E-state index contributed by atoms with van der Waals surface area (Å²) in [6, 6.07) is 8.34. The molecule has 0 saturated carbocycles. The van der Waals surface area contributed by atoms with Gasteiger partial charge in [-0.3, -0.25) is 0 Å². The van der Waals surface area contributed by atoms with Crippen molar-refractivity contribution in [1.29, 1.82) is 0 Å². The molecule has 1 aromatic carbocycles. The lowest BCUT2D eigenvalue weighted by molar-refractivity contribution is 0.460. The molecular formula is C14H19BrCl2. The minimum absolute atomic E-state index is 0.0813. The zero-order valence-corrected chi connectivity index (χ0v) is 13.3. The molecule has 0 spiro atoms. The van der Waals surface area contributed by atoms with Crippen LogP contribution in [0.4, 0.5) is 0 Å². The molecule has 0 aliphatic carbocycles. The van der Waals surface area contributed by atoms with Gasteiger partial charge in [-0.1, -0.05) is 54.2 Å². The van der Waals surface area contributed by atoms with Crippen LogP contribution in [0, 0.1) is 0 Å².